The predicted octanol–water partition coefficient (Wildman–Crippen LogP) is 3.08. The van der Waals surface area contributed by atoms with Gasteiger partial charge >= 0.3 is 0 Å². The third-order valence-corrected chi connectivity index (χ3v) is 5.20. The summed E-state index contributed by atoms with van der Waals surface area (Å²) >= 11 is 0. The number of fused-ring (bicyclic) bond motifs is 1. The molecule has 2 aliphatic rings. The van der Waals surface area contributed by atoms with Gasteiger partial charge in [0.25, 0.3) is 5.91 Å². The van der Waals surface area contributed by atoms with E-state index in [1.165, 1.54) is 5.57 Å². The van der Waals surface area contributed by atoms with E-state index in [4.69, 9.17) is 4.74 Å². The number of nitriles is 1. The summed E-state index contributed by atoms with van der Waals surface area (Å²) in [5, 5.41) is 9.47. The average molecular weight is 351 g/mol. The van der Waals surface area contributed by atoms with Crippen molar-refractivity contribution in [2.75, 3.05) is 38.3 Å². The van der Waals surface area contributed by atoms with Crippen molar-refractivity contribution < 1.29 is 9.53 Å². The van der Waals surface area contributed by atoms with Crippen LogP contribution in [-0.2, 0) is 9.53 Å². The van der Waals surface area contributed by atoms with Gasteiger partial charge in [0, 0.05) is 31.4 Å². The molecule has 136 valence electrons. The van der Waals surface area contributed by atoms with Crippen molar-refractivity contribution in [1.29, 1.82) is 5.26 Å². The third kappa shape index (κ3) is 3.38. The first-order valence-corrected chi connectivity index (χ1v) is 8.90. The van der Waals surface area contributed by atoms with Crippen molar-refractivity contribution in [2.24, 2.45) is 0 Å². The van der Waals surface area contributed by atoms with Gasteiger partial charge in [-0.05, 0) is 50.1 Å². The molecular formula is C21H25N3O2. The predicted molar refractivity (Wildman–Crippen MR) is 104 cm³/mol. The van der Waals surface area contributed by atoms with Gasteiger partial charge in [0.15, 0.2) is 0 Å². The largest absolute Gasteiger partial charge is 0.378 e. The highest BCUT2D eigenvalue weighted by Gasteiger charge is 2.28. The first kappa shape index (κ1) is 18.2. The molecule has 5 heteroatoms. The van der Waals surface area contributed by atoms with Crippen LogP contribution in [0.2, 0.25) is 0 Å². The van der Waals surface area contributed by atoms with E-state index in [9.17, 15) is 10.1 Å². The number of benzene rings is 1. The highest BCUT2D eigenvalue weighted by molar-refractivity contribution is 6.02. The second-order valence-corrected chi connectivity index (χ2v) is 7.39. The van der Waals surface area contributed by atoms with E-state index >= 15 is 0 Å². The molecular weight excluding hydrogens is 326 g/mol. The molecule has 0 bridgehead atoms. The quantitative estimate of drug-likeness (QED) is 0.607. The Morgan fingerprint density at radius 1 is 1.31 bits per heavy atom. The van der Waals surface area contributed by atoms with Gasteiger partial charge in [-0.3, -0.25) is 4.79 Å². The number of ether oxygens (including phenoxy) is 1. The molecule has 0 atom stereocenters. The van der Waals surface area contributed by atoms with Crippen LogP contribution in [0.5, 0.6) is 0 Å². The zero-order valence-electron chi connectivity index (χ0n) is 15.9. The van der Waals surface area contributed by atoms with Crippen LogP contribution in [0.4, 0.5) is 5.69 Å². The molecule has 1 aromatic carbocycles. The lowest BCUT2D eigenvalue weighted by molar-refractivity contribution is -0.130. The summed E-state index contributed by atoms with van der Waals surface area (Å²) in [7, 11) is 2.08. The van der Waals surface area contributed by atoms with Crippen LogP contribution in [0, 0.1) is 11.3 Å². The van der Waals surface area contributed by atoms with Crippen LogP contribution in [0.3, 0.4) is 0 Å². The van der Waals surface area contributed by atoms with Gasteiger partial charge in [0.05, 0.1) is 18.8 Å². The van der Waals surface area contributed by atoms with Crippen LogP contribution < -0.4 is 4.90 Å². The fourth-order valence-corrected chi connectivity index (χ4v) is 3.51. The molecule has 0 aliphatic carbocycles. The van der Waals surface area contributed by atoms with Crippen molar-refractivity contribution in [3.63, 3.8) is 0 Å². The molecule has 0 saturated carbocycles. The molecule has 1 amide bonds. The van der Waals surface area contributed by atoms with E-state index in [0.29, 0.717) is 26.3 Å². The molecule has 0 N–H and O–H groups in total. The van der Waals surface area contributed by atoms with E-state index in [2.05, 4.69) is 57.0 Å². The van der Waals surface area contributed by atoms with Gasteiger partial charge in [-0.2, -0.15) is 5.26 Å². The van der Waals surface area contributed by atoms with E-state index < -0.39 is 0 Å². The lowest BCUT2D eigenvalue weighted by atomic mass is 9.88. The third-order valence-electron chi connectivity index (χ3n) is 5.20. The van der Waals surface area contributed by atoms with E-state index in [1.807, 2.05) is 6.07 Å². The summed E-state index contributed by atoms with van der Waals surface area (Å²) in [6.45, 7) is 8.58. The van der Waals surface area contributed by atoms with Crippen molar-refractivity contribution in [1.82, 2.24) is 4.90 Å². The Kier molecular flexibility index (Phi) is 4.88. The van der Waals surface area contributed by atoms with Gasteiger partial charge < -0.3 is 14.5 Å². The Bertz CT molecular complexity index is 824. The monoisotopic (exact) mass is 351 g/mol. The molecule has 0 spiro atoms. The second kappa shape index (κ2) is 6.97. The Hall–Kier alpha value is -2.58. The van der Waals surface area contributed by atoms with Crippen LogP contribution >= 0.6 is 0 Å². The standard InChI is InChI=1S/C21H25N3O2/c1-15-13-21(2,3)23(4)19-6-5-16(12-18(15)19)11-17(14-22)20(25)24-7-9-26-10-8-24/h5-6,11-13H,7-10H2,1-4H3/b17-11+. The van der Waals surface area contributed by atoms with E-state index in [-0.39, 0.29) is 17.0 Å². The molecule has 26 heavy (non-hydrogen) atoms. The molecule has 0 aromatic heterocycles. The normalized spacial score (nSPS) is 19.5. The summed E-state index contributed by atoms with van der Waals surface area (Å²) in [4.78, 5) is 16.5. The number of hydrogen-bond acceptors (Lipinski definition) is 4. The number of morpholine rings is 1. The van der Waals surface area contributed by atoms with Crippen LogP contribution in [0.15, 0.2) is 29.8 Å². The number of carbonyl (C=O) groups excluding carboxylic acids is 1. The molecule has 5 nitrogen and oxygen atoms in total. The average Bonchev–Trinajstić information content (AvgIpc) is 2.64. The van der Waals surface area contributed by atoms with Crippen LogP contribution in [-0.4, -0.2) is 49.7 Å². The number of nitrogens with zero attached hydrogens (tertiary/aromatic N) is 3. The first-order chi connectivity index (χ1) is 12.3. The van der Waals surface area contributed by atoms with Crippen LogP contribution in [0.1, 0.15) is 31.9 Å². The van der Waals surface area contributed by atoms with Gasteiger partial charge in [-0.1, -0.05) is 12.1 Å². The number of amides is 1. The molecule has 0 radical (unpaired) electrons. The molecule has 2 heterocycles. The topological polar surface area (TPSA) is 56.6 Å². The fourth-order valence-electron chi connectivity index (χ4n) is 3.51. The van der Waals surface area contributed by atoms with Gasteiger partial charge in [0.2, 0.25) is 0 Å². The maximum Gasteiger partial charge on any atom is 0.264 e. The summed E-state index contributed by atoms with van der Waals surface area (Å²) in [5.41, 5.74) is 4.48. The number of anilines is 1. The number of allylic oxidation sites excluding steroid dienone is 1. The maximum absolute atomic E-state index is 12.6. The molecule has 2 aliphatic heterocycles. The zero-order valence-corrected chi connectivity index (χ0v) is 15.9. The smallest absolute Gasteiger partial charge is 0.264 e. The number of likely N-dealkylation sites (N-methyl/N-ethyl adjacent to an activating group) is 1. The summed E-state index contributed by atoms with van der Waals surface area (Å²) in [6, 6.07) is 8.15. The SMILES string of the molecule is CC1=CC(C)(C)N(C)c2ccc(/C=C(\C#N)C(=O)N3CCOCC3)cc21. The highest BCUT2D eigenvalue weighted by Crippen LogP contribution is 2.38. The van der Waals surface area contributed by atoms with E-state index in [0.717, 1.165) is 16.8 Å². The Balaban J connectivity index is 1.93. The first-order valence-electron chi connectivity index (χ1n) is 8.90. The van der Waals surface area contributed by atoms with Crippen molar-refractivity contribution in [3.8, 4) is 6.07 Å². The summed E-state index contributed by atoms with van der Waals surface area (Å²) in [6.07, 6.45) is 3.93. The minimum absolute atomic E-state index is 0.0431. The molecule has 1 fully saturated rings. The summed E-state index contributed by atoms with van der Waals surface area (Å²) < 4.78 is 5.28. The van der Waals surface area contributed by atoms with Crippen molar-refractivity contribution in [3.05, 3.63) is 41.0 Å². The van der Waals surface area contributed by atoms with E-state index in [1.54, 1.807) is 11.0 Å². The number of rotatable bonds is 2. The second-order valence-electron chi connectivity index (χ2n) is 7.39. The van der Waals surface area contributed by atoms with Crippen LogP contribution in [0.25, 0.3) is 11.6 Å². The lowest BCUT2D eigenvalue weighted by Crippen LogP contribution is -2.42. The van der Waals surface area contributed by atoms with Crippen molar-refractivity contribution in [2.45, 2.75) is 26.3 Å². The van der Waals surface area contributed by atoms with Crippen molar-refractivity contribution >= 4 is 23.2 Å². The fraction of sp³-hybridized carbons (Fsp3) is 0.429. The van der Waals surface area contributed by atoms with Gasteiger partial charge in [-0.25, -0.2) is 0 Å². The Morgan fingerprint density at radius 3 is 2.65 bits per heavy atom. The minimum Gasteiger partial charge on any atom is -0.378 e. The molecule has 0 unspecified atom stereocenters. The number of hydrogen-bond donors (Lipinski definition) is 0. The lowest BCUT2D eigenvalue weighted by Gasteiger charge is -2.40. The molecule has 1 aromatic rings. The number of carbonyl (C=O) groups is 1. The Morgan fingerprint density at radius 2 is 2.00 bits per heavy atom. The summed E-state index contributed by atoms with van der Waals surface area (Å²) in [5.74, 6) is -0.223. The zero-order chi connectivity index (χ0) is 18.9. The Labute approximate surface area is 155 Å². The molecule has 3 rings (SSSR count). The highest BCUT2D eigenvalue weighted by atomic mass is 16.5. The van der Waals surface area contributed by atoms with Gasteiger partial charge in [0.1, 0.15) is 11.6 Å². The minimum atomic E-state index is -0.223. The maximum atomic E-state index is 12.6. The molecule has 1 saturated heterocycles. The van der Waals surface area contributed by atoms with Gasteiger partial charge in [-0.15, -0.1) is 0 Å².